The number of fused-ring (bicyclic) bond motifs is 1. The molecule has 0 bridgehead atoms. The van der Waals surface area contributed by atoms with Crippen molar-refractivity contribution >= 4 is 23.3 Å². The third kappa shape index (κ3) is 4.13. The summed E-state index contributed by atoms with van der Waals surface area (Å²) >= 11 is 0. The third-order valence-electron chi connectivity index (χ3n) is 4.92. The van der Waals surface area contributed by atoms with Crippen molar-refractivity contribution in [2.45, 2.75) is 18.8 Å². The van der Waals surface area contributed by atoms with Crippen molar-refractivity contribution in [3.8, 4) is 11.3 Å². The number of aromatic nitrogens is 3. The molecule has 3 aromatic rings. The zero-order chi connectivity index (χ0) is 24.1. The molecule has 1 aromatic carbocycles. The first kappa shape index (κ1) is 22.3. The standard InChI is InChI=1S/C20H13F6N5O2/c1-31-17(29-18(33)9-5-6-27-13(7-9)19(21,22)23)15(20(24,25)26)16(30-31)10-3-2-4-12-11(10)8-14(32)28-12/h2-7H,8H2,1H3,(H,28,32)(H,29,33). The maximum absolute atomic E-state index is 14.1. The number of pyridine rings is 1. The fraction of sp³-hybridized carbons (Fsp3) is 0.200. The molecule has 1 aliphatic rings. The Morgan fingerprint density at radius 1 is 1.12 bits per heavy atom. The monoisotopic (exact) mass is 469 g/mol. The van der Waals surface area contributed by atoms with Crippen molar-refractivity contribution in [1.29, 1.82) is 0 Å². The van der Waals surface area contributed by atoms with Gasteiger partial charge in [0.15, 0.2) is 0 Å². The van der Waals surface area contributed by atoms with Crippen LogP contribution in [0.3, 0.4) is 0 Å². The molecule has 0 aliphatic carbocycles. The highest BCUT2D eigenvalue weighted by molar-refractivity contribution is 6.05. The number of carbonyl (C=O) groups excluding carboxylic acids is 2. The Balaban J connectivity index is 1.79. The van der Waals surface area contributed by atoms with E-state index in [0.29, 0.717) is 17.3 Å². The number of nitrogens with one attached hydrogen (secondary N) is 2. The van der Waals surface area contributed by atoms with Crippen LogP contribution in [0.4, 0.5) is 37.8 Å². The number of amides is 2. The second-order valence-corrected chi connectivity index (χ2v) is 7.13. The number of anilines is 2. The lowest BCUT2D eigenvalue weighted by Gasteiger charge is -2.13. The van der Waals surface area contributed by atoms with Crippen molar-refractivity contribution in [3.05, 3.63) is 58.9 Å². The van der Waals surface area contributed by atoms with Gasteiger partial charge in [0.25, 0.3) is 5.91 Å². The van der Waals surface area contributed by atoms with Crippen molar-refractivity contribution in [2.24, 2.45) is 7.05 Å². The molecule has 2 amide bonds. The minimum atomic E-state index is -4.99. The van der Waals surface area contributed by atoms with Crippen LogP contribution in [0, 0.1) is 0 Å². The summed E-state index contributed by atoms with van der Waals surface area (Å²) in [5.41, 5.74) is -3.03. The van der Waals surface area contributed by atoms with Gasteiger partial charge in [-0.25, -0.2) is 0 Å². The van der Waals surface area contributed by atoms with E-state index < -0.39 is 52.5 Å². The summed E-state index contributed by atoms with van der Waals surface area (Å²) in [6.45, 7) is 0. The molecule has 4 rings (SSSR count). The molecule has 0 spiro atoms. The molecule has 2 N–H and O–H groups in total. The second kappa shape index (κ2) is 7.60. The molecular weight excluding hydrogens is 456 g/mol. The summed E-state index contributed by atoms with van der Waals surface area (Å²) in [7, 11) is 1.15. The highest BCUT2D eigenvalue weighted by Crippen LogP contribution is 2.44. The topological polar surface area (TPSA) is 88.9 Å². The summed E-state index contributed by atoms with van der Waals surface area (Å²) < 4.78 is 81.6. The highest BCUT2D eigenvalue weighted by Gasteiger charge is 2.42. The quantitative estimate of drug-likeness (QED) is 0.561. The zero-order valence-electron chi connectivity index (χ0n) is 16.6. The SMILES string of the molecule is Cn1nc(-c2cccc3c2CC(=O)N3)c(C(F)(F)F)c1NC(=O)c1ccnc(C(F)(F)F)c1. The van der Waals surface area contributed by atoms with Gasteiger partial charge in [-0.3, -0.25) is 19.3 Å². The fourth-order valence-electron chi connectivity index (χ4n) is 3.50. The molecule has 7 nitrogen and oxygen atoms in total. The summed E-state index contributed by atoms with van der Waals surface area (Å²) in [5.74, 6) is -2.37. The van der Waals surface area contributed by atoms with Crippen molar-refractivity contribution in [3.63, 3.8) is 0 Å². The number of rotatable bonds is 3. The Bertz CT molecular complexity index is 1280. The van der Waals surface area contributed by atoms with Crippen molar-refractivity contribution < 1.29 is 35.9 Å². The maximum atomic E-state index is 14.1. The van der Waals surface area contributed by atoms with E-state index in [2.05, 4.69) is 15.4 Å². The molecule has 33 heavy (non-hydrogen) atoms. The van der Waals surface area contributed by atoms with Crippen LogP contribution < -0.4 is 10.6 Å². The Hall–Kier alpha value is -3.90. The minimum absolute atomic E-state index is 0.0394. The lowest BCUT2D eigenvalue weighted by molar-refractivity contribution is -0.141. The normalized spacial score (nSPS) is 13.6. The van der Waals surface area contributed by atoms with E-state index in [9.17, 15) is 35.9 Å². The van der Waals surface area contributed by atoms with Gasteiger partial charge in [-0.15, -0.1) is 0 Å². The molecule has 3 heterocycles. The van der Waals surface area contributed by atoms with Crippen molar-refractivity contribution in [2.75, 3.05) is 10.6 Å². The molecule has 172 valence electrons. The predicted molar refractivity (Wildman–Crippen MR) is 103 cm³/mol. The largest absolute Gasteiger partial charge is 0.433 e. The van der Waals surface area contributed by atoms with Crippen LogP contribution in [0.2, 0.25) is 0 Å². The molecule has 0 fully saturated rings. The first-order chi connectivity index (χ1) is 15.4. The van der Waals surface area contributed by atoms with Gasteiger partial charge < -0.3 is 10.6 Å². The number of carbonyl (C=O) groups is 2. The van der Waals surface area contributed by atoms with Gasteiger partial charge in [-0.05, 0) is 23.8 Å². The van der Waals surface area contributed by atoms with Gasteiger partial charge in [0.05, 0.1) is 6.42 Å². The van der Waals surface area contributed by atoms with Gasteiger partial charge in [0.1, 0.15) is 22.8 Å². The number of nitrogens with zero attached hydrogens (tertiary/aromatic N) is 3. The average Bonchev–Trinajstić information content (AvgIpc) is 3.26. The molecule has 1 aliphatic heterocycles. The van der Waals surface area contributed by atoms with E-state index in [4.69, 9.17) is 0 Å². The lowest BCUT2D eigenvalue weighted by Crippen LogP contribution is -2.19. The zero-order valence-corrected chi connectivity index (χ0v) is 16.6. The number of alkyl halides is 6. The molecule has 2 aromatic heterocycles. The Labute approximate surface area is 181 Å². The highest BCUT2D eigenvalue weighted by atomic mass is 19.4. The maximum Gasteiger partial charge on any atom is 0.433 e. The van der Waals surface area contributed by atoms with Crippen LogP contribution in [-0.2, 0) is 30.6 Å². The van der Waals surface area contributed by atoms with Crippen LogP contribution in [0.15, 0.2) is 36.5 Å². The third-order valence-corrected chi connectivity index (χ3v) is 4.92. The first-order valence-electron chi connectivity index (χ1n) is 9.27. The molecule has 0 radical (unpaired) electrons. The minimum Gasteiger partial charge on any atom is -0.326 e. The molecule has 0 atom stereocenters. The van der Waals surface area contributed by atoms with E-state index in [1.165, 1.54) is 18.2 Å². The fourth-order valence-corrected chi connectivity index (χ4v) is 3.50. The Kier molecular flexibility index (Phi) is 5.14. The molecule has 0 unspecified atom stereocenters. The van der Waals surface area contributed by atoms with Crippen LogP contribution in [-0.4, -0.2) is 26.6 Å². The summed E-state index contributed by atoms with van der Waals surface area (Å²) in [5, 5.41) is 8.45. The molecule has 0 saturated carbocycles. The predicted octanol–water partition coefficient (Wildman–Crippen LogP) is 4.27. The van der Waals surface area contributed by atoms with Crippen LogP contribution in [0.5, 0.6) is 0 Å². The van der Waals surface area contributed by atoms with E-state index in [1.54, 1.807) is 0 Å². The average molecular weight is 469 g/mol. The van der Waals surface area contributed by atoms with Gasteiger partial charge >= 0.3 is 12.4 Å². The summed E-state index contributed by atoms with van der Waals surface area (Å²) in [6.07, 6.45) is -9.25. The van der Waals surface area contributed by atoms with Crippen LogP contribution >= 0.6 is 0 Å². The van der Waals surface area contributed by atoms with Crippen molar-refractivity contribution in [1.82, 2.24) is 14.8 Å². The van der Waals surface area contributed by atoms with Gasteiger partial charge in [-0.2, -0.15) is 31.4 Å². The Morgan fingerprint density at radius 2 is 1.85 bits per heavy atom. The second-order valence-electron chi connectivity index (χ2n) is 7.13. The van der Waals surface area contributed by atoms with E-state index >= 15 is 0 Å². The molecule has 13 heteroatoms. The van der Waals surface area contributed by atoms with Crippen LogP contribution in [0.1, 0.15) is 27.2 Å². The van der Waals surface area contributed by atoms with Crippen LogP contribution in [0.25, 0.3) is 11.3 Å². The van der Waals surface area contributed by atoms with Gasteiger partial charge in [-0.1, -0.05) is 12.1 Å². The number of halogens is 6. The molecule has 0 saturated heterocycles. The first-order valence-corrected chi connectivity index (χ1v) is 9.27. The number of aryl methyl sites for hydroxylation is 1. The summed E-state index contributed by atoms with van der Waals surface area (Å²) in [6, 6.07) is 5.71. The Morgan fingerprint density at radius 3 is 2.52 bits per heavy atom. The number of benzene rings is 1. The number of hydrogen-bond acceptors (Lipinski definition) is 4. The van der Waals surface area contributed by atoms with E-state index in [-0.39, 0.29) is 12.0 Å². The summed E-state index contributed by atoms with van der Waals surface area (Å²) in [4.78, 5) is 27.4. The number of hydrogen-bond donors (Lipinski definition) is 2. The van der Waals surface area contributed by atoms with Gasteiger partial charge in [0.2, 0.25) is 5.91 Å². The van der Waals surface area contributed by atoms with E-state index in [0.717, 1.165) is 24.0 Å². The van der Waals surface area contributed by atoms with E-state index in [1.807, 2.05) is 5.32 Å². The lowest BCUT2D eigenvalue weighted by atomic mass is 9.99. The smallest absolute Gasteiger partial charge is 0.326 e. The van der Waals surface area contributed by atoms with Gasteiger partial charge in [0, 0.05) is 30.1 Å². The molecular formula is C20H13F6N5O2.